The smallest absolute Gasteiger partial charge is 0.251 e. The monoisotopic (exact) mass is 396 g/mol. The quantitative estimate of drug-likeness (QED) is 0.815. The van der Waals surface area contributed by atoms with E-state index in [1.54, 1.807) is 18.0 Å². The van der Waals surface area contributed by atoms with Crippen LogP contribution in [-0.4, -0.2) is 49.1 Å². The van der Waals surface area contributed by atoms with E-state index in [2.05, 4.69) is 5.32 Å². The summed E-state index contributed by atoms with van der Waals surface area (Å²) >= 11 is 0. The summed E-state index contributed by atoms with van der Waals surface area (Å²) in [5.41, 5.74) is 1.55. The van der Waals surface area contributed by atoms with Gasteiger partial charge in [0.25, 0.3) is 5.91 Å². The van der Waals surface area contributed by atoms with E-state index in [-0.39, 0.29) is 23.8 Å². The number of likely N-dealkylation sites (N-methyl/N-ethyl adjacent to an activating group) is 1. The molecule has 1 aliphatic rings. The van der Waals surface area contributed by atoms with Crippen LogP contribution in [0.15, 0.2) is 48.5 Å². The summed E-state index contributed by atoms with van der Waals surface area (Å²) in [5, 5.41) is 2.89. The molecule has 1 heterocycles. The predicted octanol–water partition coefficient (Wildman–Crippen LogP) is 3.05. The van der Waals surface area contributed by atoms with Crippen molar-refractivity contribution >= 4 is 11.8 Å². The number of fused-ring (bicyclic) bond motifs is 1. The molecule has 3 rings (SSSR count). The van der Waals surface area contributed by atoms with Gasteiger partial charge in [-0.2, -0.15) is 0 Å². The molecule has 0 fully saturated rings. The van der Waals surface area contributed by atoms with Gasteiger partial charge in [-0.15, -0.1) is 0 Å². The number of nitrogens with zero attached hydrogens (tertiary/aromatic N) is 1. The van der Waals surface area contributed by atoms with Gasteiger partial charge in [-0.25, -0.2) is 0 Å². The minimum absolute atomic E-state index is 0.0528. The van der Waals surface area contributed by atoms with Gasteiger partial charge in [0.2, 0.25) is 5.91 Å². The highest BCUT2D eigenvalue weighted by Gasteiger charge is 2.30. The Bertz CT molecular complexity index is 881. The van der Waals surface area contributed by atoms with Crippen LogP contribution >= 0.6 is 0 Å². The number of hydrogen-bond acceptors (Lipinski definition) is 4. The van der Waals surface area contributed by atoms with E-state index in [1.165, 1.54) is 0 Å². The molecule has 154 valence electrons. The molecular weight excluding hydrogens is 368 g/mol. The van der Waals surface area contributed by atoms with Crippen molar-refractivity contribution in [2.75, 3.05) is 20.2 Å². The van der Waals surface area contributed by atoms with Gasteiger partial charge in [-0.1, -0.05) is 43.7 Å². The van der Waals surface area contributed by atoms with Gasteiger partial charge in [0, 0.05) is 12.6 Å². The molecule has 0 aliphatic carbocycles. The third-order valence-electron chi connectivity index (χ3n) is 4.92. The summed E-state index contributed by atoms with van der Waals surface area (Å²) in [5.74, 6) is 0.938. The lowest BCUT2D eigenvalue weighted by Crippen LogP contribution is -2.52. The third kappa shape index (κ3) is 5.08. The molecule has 2 aromatic carbocycles. The number of amides is 2. The van der Waals surface area contributed by atoms with Crippen molar-refractivity contribution in [3.05, 3.63) is 59.7 Å². The van der Waals surface area contributed by atoms with Crippen molar-refractivity contribution in [2.24, 2.45) is 5.92 Å². The molecular formula is C23H28N2O4. The summed E-state index contributed by atoms with van der Waals surface area (Å²) in [6, 6.07) is 14.2. The molecule has 0 aromatic heterocycles. The van der Waals surface area contributed by atoms with E-state index in [4.69, 9.17) is 9.47 Å². The number of nitrogens with one attached hydrogen (secondary N) is 1. The Kier molecular flexibility index (Phi) is 6.42. The number of benzene rings is 2. The van der Waals surface area contributed by atoms with Gasteiger partial charge in [0.1, 0.15) is 12.6 Å². The normalized spacial score (nSPS) is 16.2. The zero-order chi connectivity index (χ0) is 21.0. The fraction of sp³-hybridized carbons (Fsp3) is 0.391. The number of carbonyl (C=O) groups excluding carboxylic acids is 2. The zero-order valence-corrected chi connectivity index (χ0v) is 17.3. The number of aryl methyl sites for hydroxylation is 1. The molecule has 6 heteroatoms. The van der Waals surface area contributed by atoms with Gasteiger partial charge in [-0.05, 0) is 37.1 Å². The molecule has 0 saturated heterocycles. The SMILES string of the molecule is Cc1cccc(C(=O)NC(C(=O)N(C)CC2COc3ccccc3O2)C(C)C)c1. The van der Waals surface area contributed by atoms with Gasteiger partial charge in [0.15, 0.2) is 17.6 Å². The van der Waals surface area contributed by atoms with Crippen molar-refractivity contribution in [1.29, 1.82) is 0 Å². The highest BCUT2D eigenvalue weighted by atomic mass is 16.6. The maximum atomic E-state index is 13.1. The number of hydrogen-bond donors (Lipinski definition) is 1. The van der Waals surface area contributed by atoms with Crippen LogP contribution in [0.3, 0.4) is 0 Å². The van der Waals surface area contributed by atoms with E-state index in [1.807, 2.05) is 63.2 Å². The molecule has 0 radical (unpaired) electrons. The molecule has 6 nitrogen and oxygen atoms in total. The first-order valence-electron chi connectivity index (χ1n) is 9.86. The molecule has 1 aliphatic heterocycles. The first kappa shape index (κ1) is 20.7. The lowest BCUT2D eigenvalue weighted by Gasteiger charge is -2.32. The standard InChI is InChI=1S/C23H28N2O4/c1-15(2)21(24-22(26)17-9-7-8-16(3)12-17)23(27)25(4)13-18-14-28-19-10-5-6-11-20(19)29-18/h5-12,15,18,21H,13-14H2,1-4H3,(H,24,26). The average Bonchev–Trinajstić information content (AvgIpc) is 2.71. The second kappa shape index (κ2) is 8.99. The predicted molar refractivity (Wildman–Crippen MR) is 111 cm³/mol. The summed E-state index contributed by atoms with van der Waals surface area (Å²) in [6.45, 7) is 6.51. The summed E-state index contributed by atoms with van der Waals surface area (Å²) in [7, 11) is 1.72. The lowest BCUT2D eigenvalue weighted by molar-refractivity contribution is -0.134. The average molecular weight is 396 g/mol. The van der Waals surface area contributed by atoms with Crippen molar-refractivity contribution in [3.8, 4) is 11.5 Å². The van der Waals surface area contributed by atoms with Crippen molar-refractivity contribution in [3.63, 3.8) is 0 Å². The van der Waals surface area contributed by atoms with Crippen molar-refractivity contribution < 1.29 is 19.1 Å². The van der Waals surface area contributed by atoms with E-state index < -0.39 is 6.04 Å². The highest BCUT2D eigenvalue weighted by molar-refractivity contribution is 5.97. The van der Waals surface area contributed by atoms with Crippen LogP contribution in [0.2, 0.25) is 0 Å². The van der Waals surface area contributed by atoms with Crippen LogP contribution in [0.1, 0.15) is 29.8 Å². The van der Waals surface area contributed by atoms with E-state index in [0.717, 1.165) is 5.56 Å². The second-order valence-electron chi connectivity index (χ2n) is 7.78. The van der Waals surface area contributed by atoms with Crippen molar-refractivity contribution in [2.45, 2.75) is 32.9 Å². The number of para-hydroxylation sites is 2. The Morgan fingerprint density at radius 2 is 1.86 bits per heavy atom. The number of rotatable bonds is 6. The molecule has 1 N–H and O–H groups in total. The van der Waals surface area contributed by atoms with Crippen LogP contribution in [0.4, 0.5) is 0 Å². The fourth-order valence-electron chi connectivity index (χ4n) is 3.31. The van der Waals surface area contributed by atoms with Crippen LogP contribution < -0.4 is 14.8 Å². The molecule has 0 saturated carbocycles. The van der Waals surface area contributed by atoms with Crippen molar-refractivity contribution in [1.82, 2.24) is 10.2 Å². The maximum absolute atomic E-state index is 13.1. The molecule has 2 amide bonds. The van der Waals surface area contributed by atoms with E-state index in [9.17, 15) is 9.59 Å². The first-order chi connectivity index (χ1) is 13.8. The maximum Gasteiger partial charge on any atom is 0.251 e. The molecule has 2 atom stereocenters. The Balaban J connectivity index is 1.63. The molecule has 29 heavy (non-hydrogen) atoms. The third-order valence-corrected chi connectivity index (χ3v) is 4.92. The lowest BCUT2D eigenvalue weighted by atomic mass is 10.0. The fourth-order valence-corrected chi connectivity index (χ4v) is 3.31. The summed E-state index contributed by atoms with van der Waals surface area (Å²) in [4.78, 5) is 27.3. The highest BCUT2D eigenvalue weighted by Crippen LogP contribution is 2.31. The minimum Gasteiger partial charge on any atom is -0.486 e. The van der Waals surface area contributed by atoms with E-state index in [0.29, 0.717) is 30.2 Å². The van der Waals surface area contributed by atoms with Gasteiger partial charge >= 0.3 is 0 Å². The molecule has 0 bridgehead atoms. The number of ether oxygens (including phenoxy) is 2. The van der Waals surface area contributed by atoms with Gasteiger partial charge in [-0.3, -0.25) is 9.59 Å². The zero-order valence-electron chi connectivity index (χ0n) is 17.3. The second-order valence-corrected chi connectivity index (χ2v) is 7.78. The van der Waals surface area contributed by atoms with E-state index >= 15 is 0 Å². The Hall–Kier alpha value is -3.02. The van der Waals surface area contributed by atoms with Crippen LogP contribution in [0, 0.1) is 12.8 Å². The van der Waals surface area contributed by atoms with Crippen LogP contribution in [0.25, 0.3) is 0 Å². The Labute approximate surface area is 171 Å². The minimum atomic E-state index is -0.621. The van der Waals surface area contributed by atoms with Gasteiger partial charge in [0.05, 0.1) is 6.54 Å². The number of carbonyl (C=O) groups is 2. The summed E-state index contributed by atoms with van der Waals surface area (Å²) < 4.78 is 11.7. The molecule has 0 spiro atoms. The topological polar surface area (TPSA) is 67.9 Å². The summed E-state index contributed by atoms with van der Waals surface area (Å²) in [6.07, 6.45) is -0.265. The van der Waals surface area contributed by atoms with Crippen LogP contribution in [-0.2, 0) is 4.79 Å². The first-order valence-corrected chi connectivity index (χ1v) is 9.86. The largest absolute Gasteiger partial charge is 0.486 e. The Morgan fingerprint density at radius 1 is 1.14 bits per heavy atom. The Morgan fingerprint density at radius 3 is 2.55 bits per heavy atom. The van der Waals surface area contributed by atoms with Crippen LogP contribution in [0.5, 0.6) is 11.5 Å². The van der Waals surface area contributed by atoms with Gasteiger partial charge < -0.3 is 19.7 Å². The molecule has 2 unspecified atom stereocenters. The molecule has 2 aromatic rings.